The fourth-order valence-electron chi connectivity index (χ4n) is 2.01. The summed E-state index contributed by atoms with van der Waals surface area (Å²) in [6, 6.07) is 13.4. The van der Waals surface area contributed by atoms with Crippen molar-refractivity contribution in [3.63, 3.8) is 0 Å². The first kappa shape index (κ1) is 13.2. The van der Waals surface area contributed by atoms with E-state index in [0.717, 1.165) is 21.3 Å². The Hall–Kier alpha value is -1.78. The molecule has 3 rings (SSSR count). The first-order chi connectivity index (χ1) is 9.63. The van der Waals surface area contributed by atoms with Gasteiger partial charge >= 0.3 is 0 Å². The van der Waals surface area contributed by atoms with Gasteiger partial charge in [-0.15, -0.1) is 0 Å². The molecule has 0 fully saturated rings. The summed E-state index contributed by atoms with van der Waals surface area (Å²) in [5.41, 5.74) is 9.51. The number of halogens is 2. The van der Waals surface area contributed by atoms with Crippen molar-refractivity contribution < 1.29 is 0 Å². The molecule has 0 saturated heterocycles. The van der Waals surface area contributed by atoms with Gasteiger partial charge in [-0.25, -0.2) is 4.68 Å². The van der Waals surface area contributed by atoms with Crippen LogP contribution in [0.4, 0.5) is 5.69 Å². The normalized spacial score (nSPS) is 10.7. The van der Waals surface area contributed by atoms with Gasteiger partial charge in [0.05, 0.1) is 17.6 Å². The molecule has 0 atom stereocenters. The first-order valence-electron chi connectivity index (χ1n) is 5.99. The standard InChI is InChI=1S/C15H11BrClN3/c16-12-3-1-2-10(6-12)11-8-19-20(9-11)15-5-4-13(17)7-14(15)18/h1-9H,18H2. The molecule has 1 heterocycles. The molecular formula is C15H11BrClN3. The predicted molar refractivity (Wildman–Crippen MR) is 86.1 cm³/mol. The molecule has 0 amide bonds. The first-order valence-corrected chi connectivity index (χ1v) is 7.16. The van der Waals surface area contributed by atoms with Gasteiger partial charge in [0.25, 0.3) is 0 Å². The zero-order valence-corrected chi connectivity index (χ0v) is 12.8. The summed E-state index contributed by atoms with van der Waals surface area (Å²) in [6.45, 7) is 0. The van der Waals surface area contributed by atoms with E-state index in [1.165, 1.54) is 0 Å². The van der Waals surface area contributed by atoms with Gasteiger partial charge in [0.1, 0.15) is 0 Å². The van der Waals surface area contributed by atoms with Crippen molar-refractivity contribution in [1.82, 2.24) is 9.78 Å². The quantitative estimate of drug-likeness (QED) is 0.691. The van der Waals surface area contributed by atoms with E-state index in [1.54, 1.807) is 16.8 Å². The molecule has 0 aliphatic carbocycles. The van der Waals surface area contributed by atoms with E-state index in [0.29, 0.717) is 10.7 Å². The lowest BCUT2D eigenvalue weighted by Crippen LogP contribution is -1.99. The van der Waals surface area contributed by atoms with Crippen LogP contribution in [0.3, 0.4) is 0 Å². The van der Waals surface area contributed by atoms with E-state index in [2.05, 4.69) is 21.0 Å². The Morgan fingerprint density at radius 1 is 1.10 bits per heavy atom. The van der Waals surface area contributed by atoms with Crippen molar-refractivity contribution in [3.05, 3.63) is 64.4 Å². The summed E-state index contributed by atoms with van der Waals surface area (Å²) in [6.07, 6.45) is 3.76. The zero-order chi connectivity index (χ0) is 14.1. The molecular weight excluding hydrogens is 338 g/mol. The van der Waals surface area contributed by atoms with Crippen LogP contribution in [-0.2, 0) is 0 Å². The summed E-state index contributed by atoms with van der Waals surface area (Å²) in [5, 5.41) is 4.98. The van der Waals surface area contributed by atoms with Crippen molar-refractivity contribution in [3.8, 4) is 16.8 Å². The van der Waals surface area contributed by atoms with Gasteiger partial charge in [0.15, 0.2) is 0 Å². The maximum absolute atomic E-state index is 5.97. The van der Waals surface area contributed by atoms with Crippen LogP contribution in [0.15, 0.2) is 59.3 Å². The molecule has 0 spiro atoms. The Balaban J connectivity index is 2.02. The Labute approximate surface area is 130 Å². The number of nitrogens with zero attached hydrogens (tertiary/aromatic N) is 2. The molecule has 5 heteroatoms. The molecule has 2 N–H and O–H groups in total. The van der Waals surface area contributed by atoms with Crippen LogP contribution in [0.1, 0.15) is 0 Å². The summed E-state index contributed by atoms with van der Waals surface area (Å²) in [4.78, 5) is 0. The molecule has 0 radical (unpaired) electrons. The van der Waals surface area contributed by atoms with Crippen molar-refractivity contribution in [2.45, 2.75) is 0 Å². The van der Waals surface area contributed by atoms with Gasteiger partial charge in [-0.05, 0) is 35.9 Å². The fourth-order valence-corrected chi connectivity index (χ4v) is 2.59. The predicted octanol–water partition coefficient (Wildman–Crippen LogP) is 4.54. The fraction of sp³-hybridized carbons (Fsp3) is 0. The number of rotatable bonds is 2. The van der Waals surface area contributed by atoms with Gasteiger partial charge in [0, 0.05) is 21.3 Å². The number of aromatic nitrogens is 2. The van der Waals surface area contributed by atoms with Crippen LogP contribution < -0.4 is 5.73 Å². The average Bonchev–Trinajstić information content (AvgIpc) is 2.88. The molecule has 1 aromatic heterocycles. The third kappa shape index (κ3) is 2.57. The highest BCUT2D eigenvalue weighted by molar-refractivity contribution is 9.10. The van der Waals surface area contributed by atoms with Crippen molar-refractivity contribution in [2.75, 3.05) is 5.73 Å². The van der Waals surface area contributed by atoms with Gasteiger partial charge in [-0.2, -0.15) is 5.10 Å². The van der Waals surface area contributed by atoms with Crippen molar-refractivity contribution in [1.29, 1.82) is 0 Å². The van der Waals surface area contributed by atoms with Crippen LogP contribution in [0.2, 0.25) is 5.02 Å². The molecule has 0 aliphatic rings. The van der Waals surface area contributed by atoms with E-state index < -0.39 is 0 Å². The second-order valence-corrected chi connectivity index (χ2v) is 5.74. The highest BCUT2D eigenvalue weighted by Gasteiger charge is 2.06. The molecule has 100 valence electrons. The van der Waals surface area contributed by atoms with Gasteiger partial charge in [-0.3, -0.25) is 0 Å². The minimum atomic E-state index is 0.599. The topological polar surface area (TPSA) is 43.8 Å². The third-order valence-corrected chi connectivity index (χ3v) is 3.71. The third-order valence-electron chi connectivity index (χ3n) is 2.98. The van der Waals surface area contributed by atoms with E-state index in [1.807, 2.05) is 42.7 Å². The smallest absolute Gasteiger partial charge is 0.0876 e. The second-order valence-electron chi connectivity index (χ2n) is 4.39. The van der Waals surface area contributed by atoms with Gasteiger partial charge in [-0.1, -0.05) is 39.7 Å². The molecule has 0 aliphatic heterocycles. The largest absolute Gasteiger partial charge is 0.397 e. The Kier molecular flexibility index (Phi) is 3.51. The maximum Gasteiger partial charge on any atom is 0.0876 e. The van der Waals surface area contributed by atoms with Crippen LogP contribution >= 0.6 is 27.5 Å². The van der Waals surface area contributed by atoms with Crippen LogP contribution in [0.25, 0.3) is 16.8 Å². The number of nitrogens with two attached hydrogens (primary N) is 1. The lowest BCUT2D eigenvalue weighted by molar-refractivity contribution is 0.883. The Bertz CT molecular complexity index is 767. The molecule has 3 aromatic rings. The molecule has 0 bridgehead atoms. The van der Waals surface area contributed by atoms with E-state index in [-0.39, 0.29) is 0 Å². The summed E-state index contributed by atoms with van der Waals surface area (Å²) < 4.78 is 2.79. The lowest BCUT2D eigenvalue weighted by Gasteiger charge is -2.05. The van der Waals surface area contributed by atoms with Crippen LogP contribution in [0, 0.1) is 0 Å². The molecule has 3 nitrogen and oxygen atoms in total. The number of hydrogen-bond donors (Lipinski definition) is 1. The monoisotopic (exact) mass is 347 g/mol. The minimum absolute atomic E-state index is 0.599. The zero-order valence-electron chi connectivity index (χ0n) is 10.4. The summed E-state index contributed by atoms with van der Waals surface area (Å²) >= 11 is 9.38. The van der Waals surface area contributed by atoms with E-state index in [4.69, 9.17) is 17.3 Å². The summed E-state index contributed by atoms with van der Waals surface area (Å²) in [5.74, 6) is 0. The van der Waals surface area contributed by atoms with Crippen molar-refractivity contribution in [2.24, 2.45) is 0 Å². The van der Waals surface area contributed by atoms with Crippen molar-refractivity contribution >= 4 is 33.2 Å². The molecule has 0 saturated carbocycles. The van der Waals surface area contributed by atoms with Gasteiger partial charge in [0.2, 0.25) is 0 Å². The Morgan fingerprint density at radius 2 is 1.95 bits per heavy atom. The average molecular weight is 349 g/mol. The highest BCUT2D eigenvalue weighted by atomic mass is 79.9. The molecule has 0 unspecified atom stereocenters. The maximum atomic E-state index is 5.97. The lowest BCUT2D eigenvalue weighted by atomic mass is 10.1. The molecule has 20 heavy (non-hydrogen) atoms. The number of nitrogen functional groups attached to an aromatic ring is 1. The van der Waals surface area contributed by atoms with Gasteiger partial charge < -0.3 is 5.73 Å². The second kappa shape index (κ2) is 5.31. The van der Waals surface area contributed by atoms with Crippen LogP contribution in [-0.4, -0.2) is 9.78 Å². The van der Waals surface area contributed by atoms with Crippen LogP contribution in [0.5, 0.6) is 0 Å². The minimum Gasteiger partial charge on any atom is -0.397 e. The summed E-state index contributed by atoms with van der Waals surface area (Å²) in [7, 11) is 0. The SMILES string of the molecule is Nc1cc(Cl)ccc1-n1cc(-c2cccc(Br)c2)cn1. The number of anilines is 1. The number of benzene rings is 2. The van der Waals surface area contributed by atoms with E-state index >= 15 is 0 Å². The highest BCUT2D eigenvalue weighted by Crippen LogP contribution is 2.26. The Morgan fingerprint density at radius 3 is 2.70 bits per heavy atom. The van der Waals surface area contributed by atoms with E-state index in [9.17, 15) is 0 Å². The molecule has 2 aromatic carbocycles. The number of hydrogen-bond acceptors (Lipinski definition) is 2.